The van der Waals surface area contributed by atoms with Crippen LogP contribution >= 0.6 is 0 Å². The lowest BCUT2D eigenvalue weighted by atomic mass is 9.91. The van der Waals surface area contributed by atoms with Crippen molar-refractivity contribution >= 4 is 16.7 Å². The molecular weight excluding hydrogens is 442 g/mol. The standard InChI is InChI=1S/C28H31N3O4/c1-16-8-9-19(12-17(16)2)23-21-11-10-18(20-14-29-30(6)15-20)13-22(21)26(32)31(7)24(23)25(27(33)34)35-28(3,4)5/h8-15,25H,1-7H3,(H,33,34). The molecular formula is C28H31N3O4. The third-order valence-electron chi connectivity index (χ3n) is 6.22. The number of benzene rings is 2. The summed E-state index contributed by atoms with van der Waals surface area (Å²) in [5.74, 6) is -1.15. The Labute approximate surface area is 204 Å². The van der Waals surface area contributed by atoms with E-state index in [4.69, 9.17) is 4.74 Å². The van der Waals surface area contributed by atoms with Crippen LogP contribution in [-0.2, 0) is 23.6 Å². The zero-order valence-electron chi connectivity index (χ0n) is 21.2. The Morgan fingerprint density at radius 1 is 0.971 bits per heavy atom. The van der Waals surface area contributed by atoms with Gasteiger partial charge in [-0.2, -0.15) is 5.10 Å². The fraction of sp³-hybridized carbons (Fsp3) is 0.321. The molecule has 0 bridgehead atoms. The average molecular weight is 474 g/mol. The summed E-state index contributed by atoms with van der Waals surface area (Å²) in [6.45, 7) is 9.46. The first-order valence-electron chi connectivity index (χ1n) is 11.5. The number of hydrogen-bond acceptors (Lipinski definition) is 4. The van der Waals surface area contributed by atoms with Gasteiger partial charge < -0.3 is 14.4 Å². The maximum atomic E-state index is 13.6. The quantitative estimate of drug-likeness (QED) is 0.432. The van der Waals surface area contributed by atoms with E-state index in [9.17, 15) is 14.7 Å². The van der Waals surface area contributed by atoms with E-state index in [1.165, 1.54) is 4.57 Å². The predicted octanol–water partition coefficient (Wildman–Crippen LogP) is 5.16. The van der Waals surface area contributed by atoms with Crippen LogP contribution in [0.2, 0.25) is 0 Å². The molecule has 2 aromatic heterocycles. The van der Waals surface area contributed by atoms with E-state index in [0.717, 1.165) is 27.8 Å². The van der Waals surface area contributed by atoms with E-state index in [1.807, 2.05) is 63.5 Å². The van der Waals surface area contributed by atoms with Crippen LogP contribution < -0.4 is 5.56 Å². The highest BCUT2D eigenvalue weighted by molar-refractivity contribution is 6.00. The number of ether oxygens (including phenoxy) is 1. The number of pyridine rings is 1. The minimum atomic E-state index is -1.33. The molecule has 182 valence electrons. The smallest absolute Gasteiger partial charge is 0.339 e. The molecule has 0 spiro atoms. The van der Waals surface area contributed by atoms with Gasteiger partial charge in [0.05, 0.1) is 17.5 Å². The number of carbonyl (C=O) groups is 1. The van der Waals surface area contributed by atoms with Gasteiger partial charge in [0.2, 0.25) is 0 Å². The van der Waals surface area contributed by atoms with E-state index in [1.54, 1.807) is 38.7 Å². The van der Waals surface area contributed by atoms with E-state index >= 15 is 0 Å². The number of carboxylic acids is 1. The molecule has 2 heterocycles. The number of nitrogens with zero attached hydrogens (tertiary/aromatic N) is 3. The van der Waals surface area contributed by atoms with Crippen molar-refractivity contribution in [3.63, 3.8) is 0 Å². The number of carboxylic acid groups (broad SMARTS) is 1. The van der Waals surface area contributed by atoms with Gasteiger partial charge in [-0.05, 0) is 68.3 Å². The summed E-state index contributed by atoms with van der Waals surface area (Å²) in [6.07, 6.45) is 2.32. The van der Waals surface area contributed by atoms with Gasteiger partial charge in [-0.25, -0.2) is 4.79 Å². The average Bonchev–Trinajstić information content (AvgIpc) is 3.22. The van der Waals surface area contributed by atoms with E-state index in [2.05, 4.69) is 5.10 Å². The number of aromatic nitrogens is 3. The maximum Gasteiger partial charge on any atom is 0.339 e. The van der Waals surface area contributed by atoms with Crippen LogP contribution in [0.5, 0.6) is 0 Å². The second kappa shape index (κ2) is 8.82. The van der Waals surface area contributed by atoms with Gasteiger partial charge in [0.15, 0.2) is 6.10 Å². The SMILES string of the molecule is Cc1ccc(-c2c(C(OC(C)(C)C)C(=O)O)n(C)c(=O)c3cc(-c4cnn(C)c4)ccc23)cc1C. The lowest BCUT2D eigenvalue weighted by molar-refractivity contribution is -0.161. The summed E-state index contributed by atoms with van der Waals surface area (Å²) >= 11 is 0. The third-order valence-corrected chi connectivity index (χ3v) is 6.22. The molecule has 35 heavy (non-hydrogen) atoms. The predicted molar refractivity (Wildman–Crippen MR) is 138 cm³/mol. The third kappa shape index (κ3) is 4.64. The number of rotatable bonds is 5. The highest BCUT2D eigenvalue weighted by atomic mass is 16.5. The molecule has 1 N–H and O–H groups in total. The van der Waals surface area contributed by atoms with Gasteiger partial charge >= 0.3 is 5.97 Å². The van der Waals surface area contributed by atoms with Crippen molar-refractivity contribution in [3.8, 4) is 22.3 Å². The van der Waals surface area contributed by atoms with Crippen LogP contribution in [0, 0.1) is 13.8 Å². The highest BCUT2D eigenvalue weighted by Gasteiger charge is 2.33. The summed E-state index contributed by atoms with van der Waals surface area (Å²) < 4.78 is 9.14. The van der Waals surface area contributed by atoms with Gasteiger partial charge in [-0.3, -0.25) is 9.48 Å². The van der Waals surface area contributed by atoms with Gasteiger partial charge in [0.25, 0.3) is 5.56 Å². The minimum Gasteiger partial charge on any atom is -0.479 e. The maximum absolute atomic E-state index is 13.6. The lowest BCUT2D eigenvalue weighted by Crippen LogP contribution is -2.33. The van der Waals surface area contributed by atoms with E-state index in [0.29, 0.717) is 22.0 Å². The molecule has 1 atom stereocenters. The molecule has 7 nitrogen and oxygen atoms in total. The second-order valence-corrected chi connectivity index (χ2v) is 10.0. The first-order chi connectivity index (χ1) is 16.4. The summed E-state index contributed by atoms with van der Waals surface area (Å²) in [5, 5.41) is 15.6. The number of hydrogen-bond donors (Lipinski definition) is 1. The lowest BCUT2D eigenvalue weighted by Gasteiger charge is -2.28. The van der Waals surface area contributed by atoms with Crippen LogP contribution in [0.25, 0.3) is 33.0 Å². The monoisotopic (exact) mass is 473 g/mol. The molecule has 1 unspecified atom stereocenters. The van der Waals surface area contributed by atoms with Crippen molar-refractivity contribution in [1.29, 1.82) is 0 Å². The van der Waals surface area contributed by atoms with Crippen LogP contribution in [-0.4, -0.2) is 31.0 Å². The molecule has 2 aromatic carbocycles. The first-order valence-corrected chi connectivity index (χ1v) is 11.5. The largest absolute Gasteiger partial charge is 0.479 e. The molecule has 4 aromatic rings. The topological polar surface area (TPSA) is 86.3 Å². The normalized spacial score (nSPS) is 12.8. The van der Waals surface area contributed by atoms with Crippen LogP contribution in [0.15, 0.2) is 53.6 Å². The van der Waals surface area contributed by atoms with Gasteiger partial charge in [0, 0.05) is 36.8 Å². The molecule has 0 radical (unpaired) electrons. The Kier molecular flexibility index (Phi) is 6.15. The zero-order chi connectivity index (χ0) is 25.7. The van der Waals surface area contributed by atoms with Crippen molar-refractivity contribution in [2.45, 2.75) is 46.3 Å². The van der Waals surface area contributed by atoms with Gasteiger partial charge in [-0.15, -0.1) is 0 Å². The summed E-state index contributed by atoms with van der Waals surface area (Å²) in [6, 6.07) is 11.7. The summed E-state index contributed by atoms with van der Waals surface area (Å²) in [5.41, 5.74) is 4.78. The van der Waals surface area contributed by atoms with Crippen molar-refractivity contribution in [3.05, 3.63) is 76.0 Å². The van der Waals surface area contributed by atoms with Crippen LogP contribution in [0.3, 0.4) is 0 Å². The molecule has 0 amide bonds. The van der Waals surface area contributed by atoms with Crippen LogP contribution in [0.4, 0.5) is 0 Å². The van der Waals surface area contributed by atoms with Gasteiger partial charge in [-0.1, -0.05) is 30.3 Å². The Morgan fingerprint density at radius 2 is 1.66 bits per heavy atom. The van der Waals surface area contributed by atoms with Crippen molar-refractivity contribution in [2.24, 2.45) is 14.1 Å². The van der Waals surface area contributed by atoms with Crippen molar-refractivity contribution in [1.82, 2.24) is 14.3 Å². The zero-order valence-corrected chi connectivity index (χ0v) is 21.2. The first kappa shape index (κ1) is 24.4. The Morgan fingerprint density at radius 3 is 2.23 bits per heavy atom. The Balaban J connectivity index is 2.11. The molecule has 0 aliphatic heterocycles. The number of fused-ring (bicyclic) bond motifs is 1. The summed E-state index contributed by atoms with van der Waals surface area (Å²) in [7, 11) is 3.45. The molecule has 0 saturated heterocycles. The van der Waals surface area contributed by atoms with Crippen LogP contribution in [0.1, 0.15) is 43.7 Å². The van der Waals surface area contributed by atoms with E-state index < -0.39 is 17.7 Å². The van der Waals surface area contributed by atoms with Crippen molar-refractivity contribution < 1.29 is 14.6 Å². The molecule has 0 saturated carbocycles. The number of aliphatic carboxylic acids is 1. The van der Waals surface area contributed by atoms with Crippen molar-refractivity contribution in [2.75, 3.05) is 0 Å². The minimum absolute atomic E-state index is 0.280. The Bertz CT molecular complexity index is 1510. The van der Waals surface area contributed by atoms with Gasteiger partial charge in [0.1, 0.15) is 0 Å². The fourth-order valence-electron chi connectivity index (χ4n) is 4.37. The Hall–Kier alpha value is -3.71. The molecule has 0 aliphatic rings. The second-order valence-electron chi connectivity index (χ2n) is 10.0. The number of aryl methyl sites for hydroxylation is 3. The molecule has 7 heteroatoms. The summed E-state index contributed by atoms with van der Waals surface area (Å²) in [4.78, 5) is 26.1. The molecule has 0 aliphatic carbocycles. The highest BCUT2D eigenvalue weighted by Crippen LogP contribution is 2.38. The fourth-order valence-corrected chi connectivity index (χ4v) is 4.37. The molecule has 4 rings (SSSR count). The molecule has 0 fully saturated rings. The van der Waals surface area contributed by atoms with E-state index in [-0.39, 0.29) is 5.56 Å².